The van der Waals surface area contributed by atoms with Gasteiger partial charge in [-0.15, -0.1) is 0 Å². The van der Waals surface area contributed by atoms with E-state index < -0.39 is 0 Å². The van der Waals surface area contributed by atoms with Crippen LogP contribution in [0.1, 0.15) is 40.0 Å². The van der Waals surface area contributed by atoms with Crippen molar-refractivity contribution < 1.29 is 9.84 Å². The molecule has 0 aromatic carbocycles. The number of aliphatic hydroxyl groups excluding tert-OH is 1. The number of β-amino-alcohol motifs (C(OH)–C–C–N with tert-alkyl or cyclic N) is 1. The Labute approximate surface area is 130 Å². The topological polar surface area (TPSA) is 35.9 Å². The van der Waals surface area contributed by atoms with E-state index >= 15 is 0 Å². The summed E-state index contributed by atoms with van der Waals surface area (Å²) < 4.78 is 5.62. The molecule has 0 amide bonds. The molecule has 0 spiro atoms. The van der Waals surface area contributed by atoms with Crippen LogP contribution in [0.25, 0.3) is 0 Å². The van der Waals surface area contributed by atoms with Crippen LogP contribution in [0.15, 0.2) is 0 Å². The molecule has 21 heavy (non-hydrogen) atoms. The normalized spacial score (nSPS) is 28.1. The van der Waals surface area contributed by atoms with E-state index in [0.717, 1.165) is 58.3 Å². The van der Waals surface area contributed by atoms with Crippen molar-refractivity contribution in [3.8, 4) is 0 Å². The molecule has 2 fully saturated rings. The van der Waals surface area contributed by atoms with Crippen molar-refractivity contribution in [2.24, 2.45) is 11.8 Å². The van der Waals surface area contributed by atoms with Gasteiger partial charge >= 0.3 is 0 Å². The first-order valence-corrected chi connectivity index (χ1v) is 8.76. The molecule has 0 aliphatic carbocycles. The molecule has 0 bridgehead atoms. The third kappa shape index (κ3) is 5.85. The maximum atomic E-state index is 10.4. The fraction of sp³-hybridized carbons (Fsp3) is 1.00. The number of hydrogen-bond donors (Lipinski definition) is 1. The van der Waals surface area contributed by atoms with Gasteiger partial charge in [-0.25, -0.2) is 0 Å². The van der Waals surface area contributed by atoms with Gasteiger partial charge in [-0.2, -0.15) is 0 Å². The van der Waals surface area contributed by atoms with Crippen molar-refractivity contribution in [2.45, 2.75) is 52.2 Å². The van der Waals surface area contributed by atoms with Gasteiger partial charge in [0.25, 0.3) is 0 Å². The summed E-state index contributed by atoms with van der Waals surface area (Å²) in [7, 11) is 0. The average Bonchev–Trinajstić information content (AvgIpc) is 2.43. The fourth-order valence-electron chi connectivity index (χ4n) is 3.56. The van der Waals surface area contributed by atoms with Crippen molar-refractivity contribution in [1.82, 2.24) is 9.80 Å². The lowest BCUT2D eigenvalue weighted by Crippen LogP contribution is -2.51. The maximum absolute atomic E-state index is 10.4. The number of nitrogens with zero attached hydrogens (tertiary/aromatic N) is 2. The number of aliphatic hydroxyl groups is 1. The van der Waals surface area contributed by atoms with E-state index in [1.807, 2.05) is 0 Å². The highest BCUT2D eigenvalue weighted by atomic mass is 16.5. The maximum Gasteiger partial charge on any atom is 0.0793 e. The van der Waals surface area contributed by atoms with Crippen molar-refractivity contribution in [3.05, 3.63) is 0 Å². The molecule has 2 aliphatic rings. The zero-order valence-corrected chi connectivity index (χ0v) is 14.1. The number of likely N-dealkylation sites (tertiary alicyclic amines) is 1. The minimum absolute atomic E-state index is 0.230. The highest BCUT2D eigenvalue weighted by Crippen LogP contribution is 2.18. The second kappa shape index (κ2) is 8.47. The lowest BCUT2D eigenvalue weighted by Gasteiger charge is -2.39. The van der Waals surface area contributed by atoms with Crippen LogP contribution in [0.3, 0.4) is 0 Å². The Bertz CT molecular complexity index is 291. The fourth-order valence-corrected chi connectivity index (χ4v) is 3.56. The smallest absolute Gasteiger partial charge is 0.0793 e. The summed E-state index contributed by atoms with van der Waals surface area (Å²) in [6, 6.07) is 0.481. The van der Waals surface area contributed by atoms with Crippen LogP contribution in [-0.4, -0.2) is 73.0 Å². The molecule has 1 N–H and O–H groups in total. The molecule has 2 heterocycles. The van der Waals surface area contributed by atoms with Gasteiger partial charge in [0.05, 0.1) is 19.3 Å². The number of rotatable bonds is 6. The zero-order chi connectivity index (χ0) is 15.2. The highest BCUT2D eigenvalue weighted by molar-refractivity contribution is 4.80. The van der Waals surface area contributed by atoms with Gasteiger partial charge in [0.1, 0.15) is 0 Å². The third-order valence-corrected chi connectivity index (χ3v) is 4.88. The first-order valence-electron chi connectivity index (χ1n) is 8.76. The van der Waals surface area contributed by atoms with E-state index in [0.29, 0.717) is 12.0 Å². The summed E-state index contributed by atoms with van der Waals surface area (Å²) in [5.74, 6) is 1.54. The Balaban J connectivity index is 1.75. The second-order valence-electron chi connectivity index (χ2n) is 7.49. The molecule has 4 nitrogen and oxygen atoms in total. The monoisotopic (exact) mass is 298 g/mol. The first kappa shape index (κ1) is 17.2. The van der Waals surface area contributed by atoms with Gasteiger partial charge in [0.2, 0.25) is 0 Å². The second-order valence-corrected chi connectivity index (χ2v) is 7.49. The Morgan fingerprint density at radius 3 is 2.52 bits per heavy atom. The molecule has 2 aliphatic heterocycles. The van der Waals surface area contributed by atoms with Gasteiger partial charge in [0, 0.05) is 25.7 Å². The molecule has 0 aromatic rings. The summed E-state index contributed by atoms with van der Waals surface area (Å²) in [5, 5.41) is 10.4. The van der Waals surface area contributed by atoms with Crippen LogP contribution in [0.2, 0.25) is 0 Å². The molecule has 4 heteroatoms. The summed E-state index contributed by atoms with van der Waals surface area (Å²) >= 11 is 0. The van der Waals surface area contributed by atoms with Crippen molar-refractivity contribution >= 4 is 0 Å². The van der Waals surface area contributed by atoms with Gasteiger partial charge in [-0.1, -0.05) is 20.8 Å². The van der Waals surface area contributed by atoms with Crippen LogP contribution < -0.4 is 0 Å². The highest BCUT2D eigenvalue weighted by Gasteiger charge is 2.26. The molecular formula is C17H34N2O2. The Morgan fingerprint density at radius 2 is 1.86 bits per heavy atom. The largest absolute Gasteiger partial charge is 0.390 e. The zero-order valence-electron chi connectivity index (χ0n) is 14.1. The number of ether oxygens (including phenoxy) is 1. The van der Waals surface area contributed by atoms with Crippen molar-refractivity contribution in [3.63, 3.8) is 0 Å². The summed E-state index contributed by atoms with van der Waals surface area (Å²) in [6.07, 6.45) is 3.49. The lowest BCUT2D eigenvalue weighted by atomic mass is 9.99. The third-order valence-electron chi connectivity index (χ3n) is 4.88. The van der Waals surface area contributed by atoms with Crippen molar-refractivity contribution in [1.29, 1.82) is 0 Å². The molecule has 0 radical (unpaired) electrons. The van der Waals surface area contributed by atoms with Crippen LogP contribution in [0, 0.1) is 11.8 Å². The Morgan fingerprint density at radius 1 is 1.14 bits per heavy atom. The van der Waals surface area contributed by atoms with Crippen LogP contribution >= 0.6 is 0 Å². The van der Waals surface area contributed by atoms with Gasteiger partial charge < -0.3 is 14.7 Å². The molecule has 124 valence electrons. The predicted octanol–water partition coefficient (Wildman–Crippen LogP) is 1.83. The Hall–Kier alpha value is -0.160. The number of piperidine rings is 1. The molecule has 2 saturated heterocycles. The van der Waals surface area contributed by atoms with E-state index in [1.54, 1.807) is 0 Å². The summed E-state index contributed by atoms with van der Waals surface area (Å²) in [6.45, 7) is 13.4. The SMILES string of the molecule is CC(C)CC1COCCN1CC(O)CN1CCC(C)CC1. The van der Waals surface area contributed by atoms with Crippen LogP contribution in [-0.2, 0) is 4.74 Å². The van der Waals surface area contributed by atoms with Gasteiger partial charge in [-0.05, 0) is 44.2 Å². The van der Waals surface area contributed by atoms with E-state index in [1.165, 1.54) is 12.8 Å². The summed E-state index contributed by atoms with van der Waals surface area (Å²) in [4.78, 5) is 4.88. The quantitative estimate of drug-likeness (QED) is 0.811. The van der Waals surface area contributed by atoms with E-state index in [2.05, 4.69) is 30.6 Å². The van der Waals surface area contributed by atoms with Crippen LogP contribution in [0.4, 0.5) is 0 Å². The van der Waals surface area contributed by atoms with Crippen molar-refractivity contribution in [2.75, 3.05) is 45.9 Å². The molecule has 2 atom stereocenters. The van der Waals surface area contributed by atoms with Gasteiger partial charge in [-0.3, -0.25) is 4.90 Å². The first-order chi connectivity index (χ1) is 10.0. The lowest BCUT2D eigenvalue weighted by molar-refractivity contribution is -0.0377. The number of hydrogen-bond acceptors (Lipinski definition) is 4. The molecule has 0 aromatic heterocycles. The molecular weight excluding hydrogens is 264 g/mol. The van der Waals surface area contributed by atoms with E-state index in [9.17, 15) is 5.11 Å². The number of morpholine rings is 1. The predicted molar refractivity (Wildman–Crippen MR) is 86.5 cm³/mol. The minimum atomic E-state index is -0.230. The van der Waals surface area contributed by atoms with Gasteiger partial charge in [0.15, 0.2) is 0 Å². The van der Waals surface area contributed by atoms with E-state index in [-0.39, 0.29) is 6.10 Å². The average molecular weight is 298 g/mol. The summed E-state index contributed by atoms with van der Waals surface area (Å²) in [5.41, 5.74) is 0. The van der Waals surface area contributed by atoms with Crippen LogP contribution in [0.5, 0.6) is 0 Å². The Kier molecular flexibility index (Phi) is 6.93. The minimum Gasteiger partial charge on any atom is -0.390 e. The molecule has 2 rings (SSSR count). The standard InChI is InChI=1S/C17H34N2O2/c1-14(2)10-16-13-21-9-8-19(16)12-17(20)11-18-6-4-15(3)5-7-18/h14-17,20H,4-13H2,1-3H3. The molecule has 2 unspecified atom stereocenters. The molecule has 0 saturated carbocycles. The van der Waals surface area contributed by atoms with E-state index in [4.69, 9.17) is 4.74 Å².